The van der Waals surface area contributed by atoms with Crippen LogP contribution in [-0.4, -0.2) is 36.5 Å². The number of carbonyl (C=O) groups is 1. The molecule has 23 heavy (non-hydrogen) atoms. The van der Waals surface area contributed by atoms with E-state index in [1.54, 1.807) is 29.1 Å². The molecule has 0 aliphatic heterocycles. The fraction of sp³-hybridized carbons (Fsp3) is 0.214. The first-order valence-corrected chi connectivity index (χ1v) is 8.58. The molecule has 2 N–H and O–H groups in total. The van der Waals surface area contributed by atoms with Crippen LogP contribution in [0.1, 0.15) is 10.4 Å². The summed E-state index contributed by atoms with van der Waals surface area (Å²) in [5.41, 5.74) is 0.208. The molecule has 2 rings (SSSR count). The molecule has 0 radical (unpaired) electrons. The van der Waals surface area contributed by atoms with Crippen LogP contribution in [-0.2, 0) is 20.8 Å². The fourth-order valence-corrected chi connectivity index (χ4v) is 2.89. The minimum absolute atomic E-state index is 0.00617. The molecule has 0 amide bonds. The zero-order valence-electron chi connectivity index (χ0n) is 12.0. The van der Waals surface area contributed by atoms with Gasteiger partial charge in [0.1, 0.15) is 6.73 Å². The van der Waals surface area contributed by atoms with Crippen molar-refractivity contribution >= 4 is 33.4 Å². The van der Waals surface area contributed by atoms with E-state index in [9.17, 15) is 13.2 Å². The fourth-order valence-electron chi connectivity index (χ4n) is 1.83. The average Bonchev–Trinajstić information content (AvgIpc) is 3.00. The molecule has 0 fully saturated rings. The number of hydrogen-bond donors (Lipinski definition) is 2. The highest BCUT2D eigenvalue weighted by Crippen LogP contribution is 2.25. The first-order chi connectivity index (χ1) is 10.9. The summed E-state index contributed by atoms with van der Waals surface area (Å²) in [6.07, 6.45) is 3.51. The molecule has 1 aromatic heterocycles. The third-order valence-corrected chi connectivity index (χ3v) is 4.56. The van der Waals surface area contributed by atoms with E-state index >= 15 is 0 Å². The van der Waals surface area contributed by atoms with Crippen LogP contribution in [0.15, 0.2) is 42.7 Å². The second-order valence-electron chi connectivity index (χ2n) is 4.59. The number of nitrogens with one attached hydrogen (secondary N) is 1. The minimum Gasteiger partial charge on any atom is -0.478 e. The van der Waals surface area contributed by atoms with Crippen LogP contribution in [0.4, 0.5) is 5.69 Å². The Kier molecular flexibility index (Phi) is 5.64. The summed E-state index contributed by atoms with van der Waals surface area (Å²) in [7, 11) is -3.71. The Bertz CT molecular complexity index is 774. The van der Waals surface area contributed by atoms with Gasteiger partial charge in [0.15, 0.2) is 0 Å². The van der Waals surface area contributed by atoms with E-state index in [2.05, 4.69) is 5.32 Å². The van der Waals surface area contributed by atoms with Crippen molar-refractivity contribution < 1.29 is 22.5 Å². The predicted octanol–water partition coefficient (Wildman–Crippen LogP) is 2.26. The lowest BCUT2D eigenvalue weighted by atomic mass is 10.2. The Labute approximate surface area is 138 Å². The Morgan fingerprint density at radius 3 is 2.61 bits per heavy atom. The number of hydrogen-bond acceptors (Lipinski definition) is 5. The number of carboxylic acids is 1. The van der Waals surface area contributed by atoms with Crippen molar-refractivity contribution in [3.63, 3.8) is 0 Å². The monoisotopic (exact) mass is 358 g/mol. The number of anilines is 1. The summed E-state index contributed by atoms with van der Waals surface area (Å²) in [5, 5.41) is 11.6. The summed E-state index contributed by atoms with van der Waals surface area (Å²) in [6.45, 7) is -0.0542. The molecule has 7 nitrogen and oxygen atoms in total. The van der Waals surface area contributed by atoms with Crippen molar-refractivity contribution in [2.45, 2.75) is 6.54 Å². The Morgan fingerprint density at radius 1 is 1.26 bits per heavy atom. The Morgan fingerprint density at radius 2 is 1.96 bits per heavy atom. The normalized spacial score (nSPS) is 11.3. The Hall–Kier alpha value is -2.03. The van der Waals surface area contributed by atoms with Gasteiger partial charge in [0.2, 0.25) is 0 Å². The number of aromatic nitrogens is 1. The number of benzene rings is 1. The van der Waals surface area contributed by atoms with Crippen LogP contribution < -0.4 is 5.32 Å². The van der Waals surface area contributed by atoms with Gasteiger partial charge in [0, 0.05) is 18.9 Å². The van der Waals surface area contributed by atoms with Crippen LogP contribution in [0.3, 0.4) is 0 Å². The zero-order chi connectivity index (χ0) is 16.9. The zero-order valence-corrected chi connectivity index (χ0v) is 13.5. The molecule has 1 aromatic carbocycles. The van der Waals surface area contributed by atoms with Crippen LogP contribution in [0, 0.1) is 0 Å². The number of aryl methyl sites for hydroxylation is 1. The lowest BCUT2D eigenvalue weighted by Crippen LogP contribution is -2.19. The second kappa shape index (κ2) is 7.49. The lowest BCUT2D eigenvalue weighted by Gasteiger charge is -2.11. The molecule has 0 aliphatic carbocycles. The molecule has 0 aliphatic rings. The van der Waals surface area contributed by atoms with E-state index in [1.165, 1.54) is 18.2 Å². The standard InChI is InChI=1S/C14H15ClN2O5S/c15-13-11(14(18)19)4-3-5-12(13)16-10-22-23(20,21)9-8-17-6-1-2-7-17/h1-7,16H,8-10H2,(H,18,19). The van der Waals surface area contributed by atoms with Crippen molar-refractivity contribution in [3.8, 4) is 0 Å². The lowest BCUT2D eigenvalue weighted by molar-refractivity contribution is 0.0697. The van der Waals surface area contributed by atoms with Gasteiger partial charge in [-0.05, 0) is 24.3 Å². The summed E-state index contributed by atoms with van der Waals surface area (Å²) in [6, 6.07) is 7.98. The van der Waals surface area contributed by atoms with Gasteiger partial charge < -0.3 is 15.0 Å². The molecule has 2 aromatic rings. The highest BCUT2D eigenvalue weighted by atomic mass is 35.5. The molecular formula is C14H15ClN2O5S. The van der Waals surface area contributed by atoms with Crippen molar-refractivity contribution in [2.75, 3.05) is 17.8 Å². The van der Waals surface area contributed by atoms with Crippen LogP contribution >= 0.6 is 11.6 Å². The molecule has 0 saturated carbocycles. The van der Waals surface area contributed by atoms with E-state index in [0.717, 1.165) is 0 Å². The van der Waals surface area contributed by atoms with E-state index in [1.807, 2.05) is 0 Å². The largest absolute Gasteiger partial charge is 0.478 e. The maximum absolute atomic E-state index is 11.8. The number of halogens is 1. The van der Waals surface area contributed by atoms with Gasteiger partial charge >= 0.3 is 5.97 Å². The summed E-state index contributed by atoms with van der Waals surface area (Å²) < 4.78 is 30.1. The molecule has 0 unspecified atom stereocenters. The summed E-state index contributed by atoms with van der Waals surface area (Å²) in [4.78, 5) is 11.0. The summed E-state index contributed by atoms with van der Waals surface area (Å²) >= 11 is 5.93. The predicted molar refractivity (Wildman–Crippen MR) is 86.2 cm³/mol. The Balaban J connectivity index is 1.89. The maximum atomic E-state index is 11.8. The van der Waals surface area contributed by atoms with E-state index in [-0.39, 0.29) is 35.3 Å². The molecule has 1 heterocycles. The van der Waals surface area contributed by atoms with Crippen molar-refractivity contribution in [1.82, 2.24) is 4.57 Å². The molecule has 0 atom stereocenters. The van der Waals surface area contributed by atoms with Gasteiger partial charge in [-0.3, -0.25) is 0 Å². The van der Waals surface area contributed by atoms with Gasteiger partial charge in [-0.2, -0.15) is 8.42 Å². The van der Waals surface area contributed by atoms with Gasteiger partial charge in [0.05, 0.1) is 22.0 Å². The third kappa shape index (κ3) is 4.98. The first-order valence-electron chi connectivity index (χ1n) is 6.62. The SMILES string of the molecule is O=C(O)c1cccc(NCOS(=O)(=O)CCn2cccc2)c1Cl. The number of aromatic carboxylic acids is 1. The summed E-state index contributed by atoms with van der Waals surface area (Å²) in [5.74, 6) is -1.34. The molecule has 0 bridgehead atoms. The number of carboxylic acid groups (broad SMARTS) is 1. The molecule has 124 valence electrons. The smallest absolute Gasteiger partial charge is 0.337 e. The second-order valence-corrected chi connectivity index (χ2v) is 6.73. The van der Waals surface area contributed by atoms with E-state index < -0.39 is 16.1 Å². The molecular weight excluding hydrogens is 344 g/mol. The average molecular weight is 359 g/mol. The van der Waals surface area contributed by atoms with Gasteiger partial charge in [0.25, 0.3) is 10.1 Å². The van der Waals surface area contributed by atoms with Crippen molar-refractivity contribution in [2.24, 2.45) is 0 Å². The third-order valence-electron chi connectivity index (χ3n) is 3.00. The van der Waals surface area contributed by atoms with Gasteiger partial charge in [-0.25, -0.2) is 8.98 Å². The molecule has 0 spiro atoms. The topological polar surface area (TPSA) is 97.6 Å². The quantitative estimate of drug-likeness (QED) is 0.555. The van der Waals surface area contributed by atoms with E-state index in [0.29, 0.717) is 0 Å². The molecule has 0 saturated heterocycles. The first kappa shape index (κ1) is 17.3. The number of nitrogens with zero attached hydrogens (tertiary/aromatic N) is 1. The van der Waals surface area contributed by atoms with Gasteiger partial charge in [-0.1, -0.05) is 17.7 Å². The van der Waals surface area contributed by atoms with Crippen molar-refractivity contribution in [3.05, 3.63) is 53.3 Å². The minimum atomic E-state index is -3.71. The van der Waals surface area contributed by atoms with Crippen LogP contribution in [0.2, 0.25) is 5.02 Å². The highest BCUT2D eigenvalue weighted by Gasteiger charge is 2.14. The van der Waals surface area contributed by atoms with Gasteiger partial charge in [-0.15, -0.1) is 0 Å². The van der Waals surface area contributed by atoms with Crippen LogP contribution in [0.25, 0.3) is 0 Å². The molecule has 9 heteroatoms. The van der Waals surface area contributed by atoms with E-state index in [4.69, 9.17) is 20.9 Å². The maximum Gasteiger partial charge on any atom is 0.337 e. The van der Waals surface area contributed by atoms with Crippen molar-refractivity contribution in [1.29, 1.82) is 0 Å². The number of rotatable bonds is 8. The highest BCUT2D eigenvalue weighted by molar-refractivity contribution is 7.86. The van der Waals surface area contributed by atoms with Crippen LogP contribution in [0.5, 0.6) is 0 Å².